The minimum absolute atomic E-state index is 0.455. The third-order valence-electron chi connectivity index (χ3n) is 2.92. The number of H-pyrrole nitrogens is 1. The van der Waals surface area contributed by atoms with Gasteiger partial charge in [0.15, 0.2) is 5.82 Å². The van der Waals surface area contributed by atoms with Crippen LogP contribution in [0.15, 0.2) is 46.9 Å². The Morgan fingerprint density at radius 1 is 1.36 bits per heavy atom. The van der Waals surface area contributed by atoms with E-state index in [9.17, 15) is 0 Å². The first-order chi connectivity index (χ1) is 10.8. The highest BCUT2D eigenvalue weighted by atomic mass is 32.1. The summed E-state index contributed by atoms with van der Waals surface area (Å²) in [5.41, 5.74) is 0.916. The minimum atomic E-state index is 0.455. The second-order valence-corrected chi connectivity index (χ2v) is 5.75. The van der Waals surface area contributed by atoms with Crippen molar-refractivity contribution in [1.82, 2.24) is 14.9 Å². The lowest BCUT2D eigenvalue weighted by Crippen LogP contribution is -1.95. The molecule has 1 N–H and O–H groups in total. The Bertz CT molecular complexity index is 816. The molecule has 0 saturated heterocycles. The fourth-order valence-corrected chi connectivity index (χ4v) is 2.69. The molecule has 2 aromatic heterocycles. The fourth-order valence-electron chi connectivity index (χ4n) is 1.93. The fraction of sp³-hybridized carbons (Fsp3) is 0.133. The molecule has 0 saturated carbocycles. The van der Waals surface area contributed by atoms with E-state index in [1.165, 1.54) is 0 Å². The maximum atomic E-state index is 5.44. The predicted octanol–water partition coefficient (Wildman–Crippen LogP) is 3.95. The molecule has 5 nitrogen and oxygen atoms in total. The molecule has 3 aromatic rings. The molecule has 0 aliphatic carbocycles. The zero-order valence-electron chi connectivity index (χ0n) is 11.9. The van der Waals surface area contributed by atoms with Crippen LogP contribution in [0, 0.1) is 4.77 Å². The van der Waals surface area contributed by atoms with Crippen molar-refractivity contribution in [3.8, 4) is 17.1 Å². The Balaban J connectivity index is 1.93. The molecular formula is C15H14N4OS2. The summed E-state index contributed by atoms with van der Waals surface area (Å²) in [6.45, 7) is 2.60. The molecule has 0 unspecified atom stereocenters. The van der Waals surface area contributed by atoms with Crippen molar-refractivity contribution >= 4 is 29.8 Å². The van der Waals surface area contributed by atoms with Gasteiger partial charge in [-0.05, 0) is 54.9 Å². The monoisotopic (exact) mass is 330 g/mol. The van der Waals surface area contributed by atoms with Crippen molar-refractivity contribution in [1.29, 1.82) is 0 Å². The summed E-state index contributed by atoms with van der Waals surface area (Å²) in [5.74, 6) is 1.50. The van der Waals surface area contributed by atoms with E-state index in [4.69, 9.17) is 17.0 Å². The Labute approximate surface area is 136 Å². The van der Waals surface area contributed by atoms with Crippen LogP contribution in [0.1, 0.15) is 11.8 Å². The second kappa shape index (κ2) is 6.67. The van der Waals surface area contributed by atoms with E-state index in [1.807, 2.05) is 48.7 Å². The van der Waals surface area contributed by atoms with Crippen LogP contribution in [0.3, 0.4) is 0 Å². The molecule has 0 radical (unpaired) electrons. The van der Waals surface area contributed by atoms with Crippen LogP contribution in [-0.4, -0.2) is 27.7 Å². The molecular weight excluding hydrogens is 316 g/mol. The molecule has 112 valence electrons. The number of aromatic nitrogens is 3. The lowest BCUT2D eigenvalue weighted by Gasteiger charge is -2.04. The highest BCUT2D eigenvalue weighted by Gasteiger charge is 2.08. The maximum Gasteiger partial charge on any atom is 0.216 e. The summed E-state index contributed by atoms with van der Waals surface area (Å²) < 4.78 is 7.52. The van der Waals surface area contributed by atoms with Crippen molar-refractivity contribution < 1.29 is 4.74 Å². The smallest absolute Gasteiger partial charge is 0.216 e. The summed E-state index contributed by atoms with van der Waals surface area (Å²) in [5, 5.41) is 13.5. The summed E-state index contributed by atoms with van der Waals surface area (Å²) in [4.78, 5) is 1.06. The van der Waals surface area contributed by atoms with Gasteiger partial charge in [0.05, 0.1) is 12.8 Å². The molecule has 7 heteroatoms. The molecule has 0 aliphatic heterocycles. The lowest BCUT2D eigenvalue weighted by atomic mass is 10.2. The summed E-state index contributed by atoms with van der Waals surface area (Å²) in [6, 6.07) is 11.7. The SMILES string of the molecule is CCOc1ccc(-c2n[nH]c(=S)n2N=Cc2cccs2)cc1. The molecule has 22 heavy (non-hydrogen) atoms. The van der Waals surface area contributed by atoms with Crippen molar-refractivity contribution in [2.45, 2.75) is 6.92 Å². The average molecular weight is 330 g/mol. The molecule has 3 rings (SSSR count). The van der Waals surface area contributed by atoms with Gasteiger partial charge in [0.1, 0.15) is 5.75 Å². The Morgan fingerprint density at radius 2 is 2.18 bits per heavy atom. The number of ether oxygens (including phenoxy) is 1. The third-order valence-corrected chi connectivity index (χ3v) is 3.99. The molecule has 0 bridgehead atoms. The number of nitrogens with zero attached hydrogens (tertiary/aromatic N) is 3. The van der Waals surface area contributed by atoms with Crippen LogP contribution in [0.25, 0.3) is 11.4 Å². The van der Waals surface area contributed by atoms with Gasteiger partial charge in [-0.2, -0.15) is 14.9 Å². The molecule has 0 fully saturated rings. The summed E-state index contributed by atoms with van der Waals surface area (Å²) >= 11 is 6.86. The number of hydrogen-bond acceptors (Lipinski definition) is 5. The van der Waals surface area contributed by atoms with Gasteiger partial charge in [-0.1, -0.05) is 6.07 Å². The van der Waals surface area contributed by atoms with Crippen molar-refractivity contribution in [2.75, 3.05) is 6.61 Å². The number of aromatic amines is 1. The number of thiophene rings is 1. The topological polar surface area (TPSA) is 55.2 Å². The molecule has 0 spiro atoms. The van der Waals surface area contributed by atoms with Crippen LogP contribution in [0.4, 0.5) is 0 Å². The van der Waals surface area contributed by atoms with E-state index in [0.29, 0.717) is 17.2 Å². The van der Waals surface area contributed by atoms with Crippen molar-refractivity contribution in [2.24, 2.45) is 5.10 Å². The zero-order chi connectivity index (χ0) is 15.4. The molecule has 1 aromatic carbocycles. The third kappa shape index (κ3) is 3.15. The van der Waals surface area contributed by atoms with Crippen LogP contribution in [0.2, 0.25) is 0 Å². The Morgan fingerprint density at radius 3 is 2.86 bits per heavy atom. The van der Waals surface area contributed by atoms with Crippen molar-refractivity contribution in [3.63, 3.8) is 0 Å². The summed E-state index contributed by atoms with van der Waals surface area (Å²) in [7, 11) is 0. The van der Waals surface area contributed by atoms with Gasteiger partial charge in [0.2, 0.25) is 4.77 Å². The minimum Gasteiger partial charge on any atom is -0.494 e. The Hall–Kier alpha value is -2.25. The van der Waals surface area contributed by atoms with Gasteiger partial charge >= 0.3 is 0 Å². The van der Waals surface area contributed by atoms with Crippen molar-refractivity contribution in [3.05, 3.63) is 51.4 Å². The first kappa shape index (κ1) is 14.7. The molecule has 0 atom stereocenters. The van der Waals surface area contributed by atoms with Gasteiger partial charge in [-0.3, -0.25) is 0 Å². The van der Waals surface area contributed by atoms with Gasteiger partial charge in [-0.15, -0.1) is 11.3 Å². The average Bonchev–Trinajstić information content (AvgIpc) is 3.16. The van der Waals surface area contributed by atoms with E-state index in [0.717, 1.165) is 16.2 Å². The van der Waals surface area contributed by atoms with Gasteiger partial charge in [-0.25, -0.2) is 5.10 Å². The van der Waals surface area contributed by atoms with E-state index < -0.39 is 0 Å². The zero-order valence-corrected chi connectivity index (χ0v) is 13.5. The number of hydrogen-bond donors (Lipinski definition) is 1. The van der Waals surface area contributed by atoms with Crippen LogP contribution < -0.4 is 4.74 Å². The van der Waals surface area contributed by atoms with Crippen LogP contribution in [-0.2, 0) is 0 Å². The van der Waals surface area contributed by atoms with Crippen LogP contribution in [0.5, 0.6) is 5.75 Å². The lowest BCUT2D eigenvalue weighted by molar-refractivity contribution is 0.340. The van der Waals surface area contributed by atoms with Gasteiger partial charge < -0.3 is 4.74 Å². The van der Waals surface area contributed by atoms with Gasteiger partial charge in [0.25, 0.3) is 0 Å². The molecule has 0 aliphatic rings. The highest BCUT2D eigenvalue weighted by Crippen LogP contribution is 2.21. The van der Waals surface area contributed by atoms with E-state index in [2.05, 4.69) is 15.3 Å². The Kier molecular flexibility index (Phi) is 4.45. The number of nitrogens with one attached hydrogen (secondary N) is 1. The van der Waals surface area contributed by atoms with Crippen LogP contribution >= 0.6 is 23.6 Å². The first-order valence-corrected chi connectivity index (χ1v) is 8.05. The highest BCUT2D eigenvalue weighted by molar-refractivity contribution is 7.71. The predicted molar refractivity (Wildman–Crippen MR) is 91.3 cm³/mol. The molecule has 2 heterocycles. The first-order valence-electron chi connectivity index (χ1n) is 6.76. The standard InChI is InChI=1S/C15H14N4OS2/c1-2-20-12-7-5-11(6-8-12)14-17-18-15(21)19(14)16-10-13-4-3-9-22-13/h3-10H,2H2,1H3,(H,18,21). The van der Waals surface area contributed by atoms with E-state index in [-0.39, 0.29) is 0 Å². The maximum absolute atomic E-state index is 5.44. The van der Waals surface area contributed by atoms with E-state index in [1.54, 1.807) is 22.2 Å². The number of rotatable bonds is 5. The summed E-state index contributed by atoms with van der Waals surface area (Å²) in [6.07, 6.45) is 1.77. The van der Waals surface area contributed by atoms with E-state index >= 15 is 0 Å². The second-order valence-electron chi connectivity index (χ2n) is 4.38. The largest absolute Gasteiger partial charge is 0.494 e. The number of benzene rings is 1. The quantitative estimate of drug-likeness (QED) is 0.569. The normalized spacial score (nSPS) is 11.1. The molecule has 0 amide bonds. The van der Waals surface area contributed by atoms with Gasteiger partial charge in [0, 0.05) is 10.4 Å².